The highest BCUT2D eigenvalue weighted by Gasteiger charge is 2.28. The summed E-state index contributed by atoms with van der Waals surface area (Å²) in [6, 6.07) is 15.2. The van der Waals surface area contributed by atoms with Crippen LogP contribution in [0.25, 0.3) is 0 Å². The molecule has 0 saturated carbocycles. The average molecular weight is 416 g/mol. The number of sulfonamides is 1. The van der Waals surface area contributed by atoms with Gasteiger partial charge in [0, 0.05) is 13.6 Å². The minimum absolute atomic E-state index is 0.106. The molecule has 1 heterocycles. The van der Waals surface area contributed by atoms with Crippen molar-refractivity contribution in [3.63, 3.8) is 0 Å². The van der Waals surface area contributed by atoms with Gasteiger partial charge in [-0.3, -0.25) is 0 Å². The highest BCUT2D eigenvalue weighted by molar-refractivity contribution is 7.89. The Labute approximate surface area is 170 Å². The second-order valence-electron chi connectivity index (χ2n) is 6.67. The van der Waals surface area contributed by atoms with E-state index in [2.05, 4.69) is 5.16 Å². The predicted octanol–water partition coefficient (Wildman–Crippen LogP) is 3.70. The van der Waals surface area contributed by atoms with Crippen molar-refractivity contribution in [2.45, 2.75) is 31.9 Å². The Hall–Kier alpha value is -2.84. The monoisotopic (exact) mass is 416 g/mol. The molecule has 0 amide bonds. The Bertz CT molecular complexity index is 1060. The second-order valence-corrected chi connectivity index (χ2v) is 8.66. The maximum atomic E-state index is 12.9. The number of methoxy groups -OCH3 is 1. The van der Waals surface area contributed by atoms with E-state index < -0.39 is 10.0 Å². The highest BCUT2D eigenvalue weighted by atomic mass is 32.2. The molecule has 8 heteroatoms. The first kappa shape index (κ1) is 20.9. The van der Waals surface area contributed by atoms with Gasteiger partial charge in [-0.15, -0.1) is 0 Å². The molecule has 0 atom stereocenters. The van der Waals surface area contributed by atoms with Gasteiger partial charge in [-0.2, -0.15) is 4.31 Å². The van der Waals surface area contributed by atoms with Crippen molar-refractivity contribution in [2.75, 3.05) is 14.2 Å². The normalized spacial score (nSPS) is 11.6. The topological polar surface area (TPSA) is 81.9 Å². The maximum Gasteiger partial charge on any atom is 0.248 e. The minimum atomic E-state index is -3.73. The van der Waals surface area contributed by atoms with E-state index in [9.17, 15) is 8.42 Å². The summed E-state index contributed by atoms with van der Waals surface area (Å²) in [6.45, 7) is 3.78. The molecule has 0 spiro atoms. The van der Waals surface area contributed by atoms with E-state index in [-0.39, 0.29) is 17.2 Å². The summed E-state index contributed by atoms with van der Waals surface area (Å²) in [5, 5.41) is 3.74. The number of rotatable bonds is 8. The molecule has 0 radical (unpaired) electrons. The van der Waals surface area contributed by atoms with Gasteiger partial charge in [0.15, 0.2) is 17.3 Å². The first-order valence-electron chi connectivity index (χ1n) is 9.05. The van der Waals surface area contributed by atoms with E-state index in [4.69, 9.17) is 14.0 Å². The summed E-state index contributed by atoms with van der Waals surface area (Å²) in [7, 11) is -0.650. The van der Waals surface area contributed by atoms with Crippen molar-refractivity contribution in [3.8, 4) is 11.5 Å². The quantitative estimate of drug-likeness (QED) is 0.557. The Balaban J connectivity index is 1.76. The number of hydrogen-bond acceptors (Lipinski definition) is 6. The van der Waals surface area contributed by atoms with Gasteiger partial charge < -0.3 is 14.0 Å². The third-order valence-electron chi connectivity index (χ3n) is 4.51. The SMILES string of the molecule is COc1cc(CN(C)S(=O)(=O)c2c(C)noc2C)ccc1OCc1ccccc1. The Morgan fingerprint density at radius 3 is 2.38 bits per heavy atom. The van der Waals surface area contributed by atoms with Crippen LogP contribution in [0.15, 0.2) is 57.9 Å². The van der Waals surface area contributed by atoms with E-state index in [0.717, 1.165) is 11.1 Å². The zero-order valence-corrected chi connectivity index (χ0v) is 17.7. The molecular weight excluding hydrogens is 392 g/mol. The van der Waals surface area contributed by atoms with Crippen molar-refractivity contribution >= 4 is 10.0 Å². The first-order valence-corrected chi connectivity index (χ1v) is 10.5. The molecule has 0 saturated heterocycles. The second kappa shape index (κ2) is 8.67. The molecule has 0 fully saturated rings. The van der Waals surface area contributed by atoms with Crippen LogP contribution >= 0.6 is 0 Å². The van der Waals surface area contributed by atoms with Crippen molar-refractivity contribution in [2.24, 2.45) is 0 Å². The predicted molar refractivity (Wildman–Crippen MR) is 108 cm³/mol. The van der Waals surface area contributed by atoms with Crippen LogP contribution in [-0.2, 0) is 23.2 Å². The van der Waals surface area contributed by atoms with E-state index in [0.29, 0.717) is 23.8 Å². The summed E-state index contributed by atoms with van der Waals surface area (Å²) in [5.74, 6) is 1.41. The van der Waals surface area contributed by atoms with Gasteiger partial charge in [-0.05, 0) is 37.1 Å². The summed E-state index contributed by atoms with van der Waals surface area (Å²) in [6.07, 6.45) is 0. The molecule has 154 valence electrons. The average Bonchev–Trinajstić information content (AvgIpc) is 3.06. The molecule has 0 aliphatic heterocycles. The molecule has 0 bridgehead atoms. The van der Waals surface area contributed by atoms with Crippen LogP contribution < -0.4 is 9.47 Å². The largest absolute Gasteiger partial charge is 0.493 e. The van der Waals surface area contributed by atoms with Crippen molar-refractivity contribution in [3.05, 3.63) is 71.1 Å². The maximum absolute atomic E-state index is 12.9. The smallest absolute Gasteiger partial charge is 0.248 e. The van der Waals surface area contributed by atoms with Crippen molar-refractivity contribution in [1.82, 2.24) is 9.46 Å². The number of aryl methyl sites for hydroxylation is 2. The highest BCUT2D eigenvalue weighted by Crippen LogP contribution is 2.30. The minimum Gasteiger partial charge on any atom is -0.493 e. The van der Waals surface area contributed by atoms with Crippen molar-refractivity contribution in [1.29, 1.82) is 0 Å². The lowest BCUT2D eigenvalue weighted by molar-refractivity contribution is 0.284. The molecule has 29 heavy (non-hydrogen) atoms. The number of benzene rings is 2. The van der Waals surface area contributed by atoms with Crippen LogP contribution in [0.3, 0.4) is 0 Å². The van der Waals surface area contributed by atoms with Crippen LogP contribution in [0.1, 0.15) is 22.6 Å². The molecule has 0 aliphatic carbocycles. The molecule has 0 N–H and O–H groups in total. The molecular formula is C21H24N2O5S. The van der Waals surface area contributed by atoms with Gasteiger partial charge in [-0.25, -0.2) is 8.42 Å². The van der Waals surface area contributed by atoms with E-state index in [1.165, 1.54) is 11.4 Å². The van der Waals surface area contributed by atoms with Gasteiger partial charge in [0.25, 0.3) is 0 Å². The molecule has 3 rings (SSSR count). The van der Waals surface area contributed by atoms with E-state index in [1.54, 1.807) is 33.1 Å². The Morgan fingerprint density at radius 1 is 1.03 bits per heavy atom. The molecule has 1 aromatic heterocycles. The van der Waals surface area contributed by atoms with Gasteiger partial charge in [0.05, 0.1) is 7.11 Å². The lowest BCUT2D eigenvalue weighted by Crippen LogP contribution is -2.27. The van der Waals surface area contributed by atoms with Gasteiger partial charge in [0.2, 0.25) is 10.0 Å². The fourth-order valence-electron chi connectivity index (χ4n) is 3.01. The molecule has 0 unspecified atom stereocenters. The molecule has 7 nitrogen and oxygen atoms in total. The zero-order valence-electron chi connectivity index (χ0n) is 16.9. The fraction of sp³-hybridized carbons (Fsp3) is 0.286. The fourth-order valence-corrected chi connectivity index (χ4v) is 4.45. The van der Waals surface area contributed by atoms with Gasteiger partial charge in [0.1, 0.15) is 17.2 Å². The number of nitrogens with zero attached hydrogens (tertiary/aromatic N) is 2. The van der Waals surface area contributed by atoms with Crippen LogP contribution in [0, 0.1) is 13.8 Å². The molecule has 2 aromatic carbocycles. The number of hydrogen-bond donors (Lipinski definition) is 0. The third-order valence-corrected chi connectivity index (χ3v) is 6.56. The summed E-state index contributed by atoms with van der Waals surface area (Å²) in [5.41, 5.74) is 2.16. The third kappa shape index (κ3) is 4.60. The first-order chi connectivity index (χ1) is 13.8. The Morgan fingerprint density at radius 2 is 1.76 bits per heavy atom. The lowest BCUT2D eigenvalue weighted by atomic mass is 10.2. The van der Waals surface area contributed by atoms with Gasteiger partial charge in [-0.1, -0.05) is 41.6 Å². The van der Waals surface area contributed by atoms with Crippen LogP contribution in [0.5, 0.6) is 11.5 Å². The summed E-state index contributed by atoms with van der Waals surface area (Å²) < 4.78 is 43.3. The van der Waals surface area contributed by atoms with Gasteiger partial charge >= 0.3 is 0 Å². The summed E-state index contributed by atoms with van der Waals surface area (Å²) >= 11 is 0. The van der Waals surface area contributed by atoms with E-state index in [1.807, 2.05) is 36.4 Å². The standard InChI is InChI=1S/C21H24N2O5S/c1-15-21(16(2)28-22-15)29(24,25)23(3)13-18-10-11-19(20(12-18)26-4)27-14-17-8-6-5-7-9-17/h5-12H,13-14H2,1-4H3. The molecule has 0 aliphatic rings. The Kier molecular flexibility index (Phi) is 6.24. The number of aromatic nitrogens is 1. The van der Waals surface area contributed by atoms with Crippen LogP contribution in [-0.4, -0.2) is 32.0 Å². The van der Waals surface area contributed by atoms with Crippen LogP contribution in [0.4, 0.5) is 0 Å². The number of ether oxygens (including phenoxy) is 2. The van der Waals surface area contributed by atoms with Crippen LogP contribution in [0.2, 0.25) is 0 Å². The zero-order chi connectivity index (χ0) is 21.0. The molecule has 3 aromatic rings. The van der Waals surface area contributed by atoms with Crippen molar-refractivity contribution < 1.29 is 22.4 Å². The summed E-state index contributed by atoms with van der Waals surface area (Å²) in [4.78, 5) is 0.106. The lowest BCUT2D eigenvalue weighted by Gasteiger charge is -2.18. The van der Waals surface area contributed by atoms with E-state index >= 15 is 0 Å².